The van der Waals surface area contributed by atoms with Gasteiger partial charge in [-0.25, -0.2) is 9.69 Å². The maximum absolute atomic E-state index is 12.2. The van der Waals surface area contributed by atoms with Crippen LogP contribution >= 0.6 is 0 Å². The molecule has 0 radical (unpaired) electrons. The number of hydrogen-bond donors (Lipinski definition) is 0. The van der Waals surface area contributed by atoms with Crippen molar-refractivity contribution in [1.82, 2.24) is 4.90 Å². The molecule has 4 nitrogen and oxygen atoms in total. The fourth-order valence-electron chi connectivity index (χ4n) is 2.31. The molecule has 0 fully saturated rings. The van der Waals surface area contributed by atoms with E-state index in [9.17, 15) is 9.59 Å². The van der Waals surface area contributed by atoms with Crippen LogP contribution in [-0.2, 0) is 9.53 Å². The molecule has 0 aromatic heterocycles. The number of nitrogens with zero attached hydrogens (tertiary/aromatic N) is 1. The molecule has 0 aliphatic carbocycles. The second-order valence-electron chi connectivity index (χ2n) is 7.08. The van der Waals surface area contributed by atoms with Crippen molar-refractivity contribution in [2.75, 3.05) is 6.54 Å². The van der Waals surface area contributed by atoms with E-state index < -0.39 is 11.7 Å². The second-order valence-corrected chi connectivity index (χ2v) is 7.08. The third-order valence-electron chi connectivity index (χ3n) is 3.53. The third kappa shape index (κ3) is 11.9. The minimum absolute atomic E-state index is 0.185. The van der Waals surface area contributed by atoms with Crippen LogP contribution in [0.1, 0.15) is 78.6 Å². The first kappa shape index (κ1) is 22.4. The lowest BCUT2D eigenvalue weighted by Crippen LogP contribution is -2.40. The molecule has 0 N–H and O–H groups in total. The first-order chi connectivity index (χ1) is 11.3. The van der Waals surface area contributed by atoms with Gasteiger partial charge in [-0.2, -0.15) is 0 Å². The fraction of sp³-hybridized carbons (Fsp3) is 0.700. The number of imide groups is 1. The monoisotopic (exact) mass is 337 g/mol. The summed E-state index contributed by atoms with van der Waals surface area (Å²) in [5, 5.41) is 0. The number of carbonyl (C=O) groups excluding carboxylic acids is 2. The van der Waals surface area contributed by atoms with Gasteiger partial charge in [0, 0.05) is 13.0 Å². The molecule has 0 bridgehead atoms. The van der Waals surface area contributed by atoms with E-state index in [1.165, 1.54) is 25.7 Å². The van der Waals surface area contributed by atoms with Gasteiger partial charge in [-0.3, -0.25) is 4.79 Å². The maximum atomic E-state index is 12.2. The predicted octanol–water partition coefficient (Wildman–Crippen LogP) is 5.63. The summed E-state index contributed by atoms with van der Waals surface area (Å²) >= 11 is 0. The molecule has 138 valence electrons. The quantitative estimate of drug-likeness (QED) is 0.342. The molecule has 0 aliphatic heterocycles. The normalized spacial score (nSPS) is 11.0. The van der Waals surface area contributed by atoms with E-state index in [4.69, 9.17) is 4.74 Å². The van der Waals surface area contributed by atoms with Crippen molar-refractivity contribution in [3.05, 3.63) is 25.3 Å². The SMILES string of the molecule is C=CCCCCCCCCCC(=O)N(CC=C)C(=O)OC(C)(C)C. The predicted molar refractivity (Wildman–Crippen MR) is 99.9 cm³/mol. The van der Waals surface area contributed by atoms with Gasteiger partial charge in [0.05, 0.1) is 0 Å². The molecule has 0 saturated carbocycles. The maximum Gasteiger partial charge on any atom is 0.417 e. The number of unbranched alkanes of at least 4 members (excludes halogenated alkanes) is 7. The Morgan fingerprint density at radius 3 is 1.96 bits per heavy atom. The molecule has 0 atom stereocenters. The highest BCUT2D eigenvalue weighted by atomic mass is 16.6. The highest BCUT2D eigenvalue weighted by molar-refractivity contribution is 5.92. The second kappa shape index (κ2) is 12.8. The molecule has 0 saturated heterocycles. The highest BCUT2D eigenvalue weighted by Gasteiger charge is 2.25. The van der Waals surface area contributed by atoms with Crippen LogP contribution in [0, 0.1) is 0 Å². The van der Waals surface area contributed by atoms with Gasteiger partial charge in [0.1, 0.15) is 5.60 Å². The zero-order valence-electron chi connectivity index (χ0n) is 15.8. The Labute approximate surface area is 147 Å². The number of hydrogen-bond acceptors (Lipinski definition) is 3. The van der Waals surface area contributed by atoms with E-state index in [1.54, 1.807) is 26.8 Å². The summed E-state index contributed by atoms with van der Waals surface area (Å²) < 4.78 is 5.28. The van der Waals surface area contributed by atoms with Crippen LogP contribution in [0.2, 0.25) is 0 Å². The van der Waals surface area contributed by atoms with Crippen LogP contribution in [0.15, 0.2) is 25.3 Å². The van der Waals surface area contributed by atoms with Crippen LogP contribution in [0.4, 0.5) is 4.79 Å². The number of allylic oxidation sites excluding steroid dienone is 1. The largest absolute Gasteiger partial charge is 0.443 e. The summed E-state index contributed by atoms with van der Waals surface area (Å²) in [5.74, 6) is -0.185. The molecule has 0 spiro atoms. The van der Waals surface area contributed by atoms with Crippen LogP contribution < -0.4 is 0 Å². The molecule has 0 aliphatic rings. The van der Waals surface area contributed by atoms with Crippen LogP contribution in [0.25, 0.3) is 0 Å². The molecule has 0 heterocycles. The molecule has 0 aromatic carbocycles. The van der Waals surface area contributed by atoms with Crippen molar-refractivity contribution in [2.24, 2.45) is 0 Å². The summed E-state index contributed by atoms with van der Waals surface area (Å²) in [6, 6.07) is 0. The van der Waals surface area contributed by atoms with Crippen molar-refractivity contribution >= 4 is 12.0 Å². The lowest BCUT2D eigenvalue weighted by atomic mass is 10.1. The molecule has 0 rings (SSSR count). The fourth-order valence-corrected chi connectivity index (χ4v) is 2.31. The van der Waals surface area contributed by atoms with Gasteiger partial charge >= 0.3 is 6.09 Å². The first-order valence-corrected chi connectivity index (χ1v) is 9.07. The van der Waals surface area contributed by atoms with Crippen LogP contribution in [0.5, 0.6) is 0 Å². The summed E-state index contributed by atoms with van der Waals surface area (Å²) in [6.45, 7) is 12.9. The molecule has 24 heavy (non-hydrogen) atoms. The Hall–Kier alpha value is -1.58. The topological polar surface area (TPSA) is 46.6 Å². The van der Waals surface area contributed by atoms with E-state index in [-0.39, 0.29) is 12.5 Å². The smallest absolute Gasteiger partial charge is 0.417 e. The summed E-state index contributed by atoms with van der Waals surface area (Å²) in [7, 11) is 0. The van der Waals surface area contributed by atoms with Crippen LogP contribution in [-0.4, -0.2) is 29.0 Å². The van der Waals surface area contributed by atoms with Gasteiger partial charge in [0.25, 0.3) is 0 Å². The minimum Gasteiger partial charge on any atom is -0.443 e. The molecular weight excluding hydrogens is 302 g/mol. The zero-order chi connectivity index (χ0) is 18.4. The standard InChI is InChI=1S/C20H35NO3/c1-6-8-9-10-11-12-13-14-15-16-18(22)21(17-7-2)19(23)24-20(3,4)5/h6-7H,1-2,8-17H2,3-5H3. The van der Waals surface area contributed by atoms with Crippen LogP contribution in [0.3, 0.4) is 0 Å². The van der Waals surface area contributed by atoms with Gasteiger partial charge in [0.2, 0.25) is 5.91 Å². The van der Waals surface area contributed by atoms with Gasteiger partial charge in [-0.05, 0) is 40.0 Å². The van der Waals surface area contributed by atoms with E-state index >= 15 is 0 Å². The van der Waals surface area contributed by atoms with Crippen molar-refractivity contribution in [3.8, 4) is 0 Å². The van der Waals surface area contributed by atoms with Gasteiger partial charge < -0.3 is 4.74 Å². The van der Waals surface area contributed by atoms with E-state index in [0.29, 0.717) is 6.42 Å². The first-order valence-electron chi connectivity index (χ1n) is 9.07. The third-order valence-corrected chi connectivity index (χ3v) is 3.53. The Morgan fingerprint density at radius 2 is 1.46 bits per heavy atom. The van der Waals surface area contributed by atoms with Gasteiger partial charge in [-0.15, -0.1) is 13.2 Å². The molecular formula is C20H35NO3. The average molecular weight is 338 g/mol. The van der Waals surface area contributed by atoms with Crippen molar-refractivity contribution in [2.45, 2.75) is 84.2 Å². The summed E-state index contributed by atoms with van der Waals surface area (Å²) in [6.07, 6.45) is 12.3. The molecule has 0 aromatic rings. The lowest BCUT2D eigenvalue weighted by molar-refractivity contribution is -0.130. The zero-order valence-corrected chi connectivity index (χ0v) is 15.8. The van der Waals surface area contributed by atoms with Gasteiger partial charge in [0.15, 0.2) is 0 Å². The number of amides is 2. The molecule has 0 unspecified atom stereocenters. The Kier molecular flexibility index (Phi) is 12.0. The van der Waals surface area contributed by atoms with Crippen molar-refractivity contribution in [1.29, 1.82) is 0 Å². The van der Waals surface area contributed by atoms with Gasteiger partial charge in [-0.1, -0.05) is 44.3 Å². The summed E-state index contributed by atoms with van der Waals surface area (Å²) in [4.78, 5) is 25.5. The molecule has 2 amide bonds. The van der Waals surface area contributed by atoms with E-state index in [0.717, 1.165) is 30.6 Å². The Balaban J connectivity index is 4.01. The summed E-state index contributed by atoms with van der Waals surface area (Å²) in [5.41, 5.74) is -0.609. The van der Waals surface area contributed by atoms with Crippen molar-refractivity contribution in [3.63, 3.8) is 0 Å². The van der Waals surface area contributed by atoms with E-state index in [2.05, 4.69) is 13.2 Å². The highest BCUT2D eigenvalue weighted by Crippen LogP contribution is 2.13. The Morgan fingerprint density at radius 1 is 0.917 bits per heavy atom. The van der Waals surface area contributed by atoms with E-state index in [1.807, 2.05) is 6.08 Å². The number of rotatable bonds is 12. The molecule has 4 heteroatoms. The van der Waals surface area contributed by atoms with Crippen molar-refractivity contribution < 1.29 is 14.3 Å². The number of ether oxygens (including phenoxy) is 1. The minimum atomic E-state index is -0.609. The average Bonchev–Trinajstić information content (AvgIpc) is 2.49. The number of carbonyl (C=O) groups is 2. The lowest BCUT2D eigenvalue weighted by Gasteiger charge is -2.25. The Bertz CT molecular complexity index is 396.